The van der Waals surface area contributed by atoms with E-state index in [-0.39, 0.29) is 24.1 Å². The smallest absolute Gasteiger partial charge is 0.258 e. The predicted octanol–water partition coefficient (Wildman–Crippen LogP) is 3.47. The fraction of sp³-hybridized carbons (Fsp3) is 0.240. The lowest BCUT2D eigenvalue weighted by Gasteiger charge is -2.18. The van der Waals surface area contributed by atoms with Crippen LogP contribution >= 0.6 is 0 Å². The maximum absolute atomic E-state index is 12.9. The van der Waals surface area contributed by atoms with E-state index in [1.165, 1.54) is 5.56 Å². The van der Waals surface area contributed by atoms with Crippen LogP contribution in [-0.2, 0) is 22.6 Å². The Labute approximate surface area is 185 Å². The van der Waals surface area contributed by atoms with E-state index in [1.807, 2.05) is 30.3 Å². The third kappa shape index (κ3) is 3.89. The van der Waals surface area contributed by atoms with Crippen molar-refractivity contribution in [1.29, 1.82) is 0 Å². The van der Waals surface area contributed by atoms with Gasteiger partial charge in [-0.3, -0.25) is 14.4 Å². The molecule has 0 spiro atoms. The fourth-order valence-corrected chi connectivity index (χ4v) is 4.34. The first-order valence-electron chi connectivity index (χ1n) is 10.7. The Bertz CT molecular complexity index is 1150. The summed E-state index contributed by atoms with van der Waals surface area (Å²) in [4.78, 5) is 41.3. The van der Waals surface area contributed by atoms with E-state index in [1.54, 1.807) is 46.4 Å². The molecule has 3 aromatic rings. The maximum atomic E-state index is 12.9. The molecule has 1 saturated heterocycles. The Morgan fingerprint density at radius 1 is 1.03 bits per heavy atom. The molecular weight excluding hydrogens is 406 g/mol. The van der Waals surface area contributed by atoms with Gasteiger partial charge in [0.25, 0.3) is 5.91 Å². The molecule has 1 aromatic heterocycles. The second-order valence-electron chi connectivity index (χ2n) is 8.16. The highest BCUT2D eigenvalue weighted by atomic mass is 16.3. The summed E-state index contributed by atoms with van der Waals surface area (Å²) in [5.41, 5.74) is 3.31. The summed E-state index contributed by atoms with van der Waals surface area (Å²) in [6.45, 7) is 1.39. The number of hydrogen-bond donors (Lipinski definition) is 1. The lowest BCUT2D eigenvalue weighted by atomic mass is 10.1. The van der Waals surface area contributed by atoms with Gasteiger partial charge in [0.05, 0.1) is 18.7 Å². The van der Waals surface area contributed by atoms with Crippen LogP contribution in [0, 0.1) is 5.92 Å². The summed E-state index contributed by atoms with van der Waals surface area (Å²) in [6.07, 6.45) is 2.60. The first kappa shape index (κ1) is 20.1. The molecule has 5 rings (SSSR count). The summed E-state index contributed by atoms with van der Waals surface area (Å²) in [7, 11) is 0. The number of amides is 3. The summed E-state index contributed by atoms with van der Waals surface area (Å²) in [5, 5.41) is 2.87. The van der Waals surface area contributed by atoms with Crippen molar-refractivity contribution < 1.29 is 18.8 Å². The zero-order valence-corrected chi connectivity index (χ0v) is 17.5. The van der Waals surface area contributed by atoms with Gasteiger partial charge < -0.3 is 19.5 Å². The van der Waals surface area contributed by atoms with Gasteiger partial charge in [-0.15, -0.1) is 0 Å². The number of likely N-dealkylation sites (tertiary alicyclic amines) is 1. The van der Waals surface area contributed by atoms with Crippen LogP contribution < -0.4 is 10.2 Å². The van der Waals surface area contributed by atoms with Crippen molar-refractivity contribution in [2.24, 2.45) is 5.92 Å². The number of nitrogens with one attached hydrogen (secondary N) is 1. The standard InChI is InChI=1S/C25H23N3O4/c29-23-14-19(15-27(23)16-21-5-3-13-32-21)24(30)26-20-9-7-18(8-10-20)25(31)28-12-11-17-4-1-2-6-22(17)28/h1-10,13,19H,11-12,14-16H2,(H,26,30). The van der Waals surface area contributed by atoms with Crippen molar-refractivity contribution in [2.75, 3.05) is 23.3 Å². The highest BCUT2D eigenvalue weighted by molar-refractivity contribution is 6.07. The lowest BCUT2D eigenvalue weighted by Crippen LogP contribution is -2.29. The first-order chi connectivity index (χ1) is 15.6. The van der Waals surface area contributed by atoms with Gasteiger partial charge in [0.2, 0.25) is 11.8 Å². The quantitative estimate of drug-likeness (QED) is 0.673. The highest BCUT2D eigenvalue weighted by Gasteiger charge is 2.34. The van der Waals surface area contributed by atoms with E-state index in [4.69, 9.17) is 4.42 Å². The van der Waals surface area contributed by atoms with Gasteiger partial charge in [-0.05, 0) is 54.4 Å². The van der Waals surface area contributed by atoms with Crippen molar-refractivity contribution in [2.45, 2.75) is 19.4 Å². The van der Waals surface area contributed by atoms with Crippen molar-refractivity contribution in [3.05, 3.63) is 83.8 Å². The number of para-hydroxylation sites is 1. The maximum Gasteiger partial charge on any atom is 0.258 e. The third-order valence-corrected chi connectivity index (χ3v) is 6.04. The number of anilines is 2. The van der Waals surface area contributed by atoms with Gasteiger partial charge in [-0.1, -0.05) is 18.2 Å². The fourth-order valence-electron chi connectivity index (χ4n) is 4.34. The van der Waals surface area contributed by atoms with Gasteiger partial charge in [-0.2, -0.15) is 0 Å². The number of nitrogens with zero attached hydrogens (tertiary/aromatic N) is 2. The van der Waals surface area contributed by atoms with E-state index in [0.29, 0.717) is 36.6 Å². The number of rotatable bonds is 5. The number of hydrogen-bond acceptors (Lipinski definition) is 4. The number of furan rings is 1. The average Bonchev–Trinajstić information content (AvgIpc) is 3.55. The van der Waals surface area contributed by atoms with Crippen LogP contribution in [0.3, 0.4) is 0 Å². The molecule has 1 unspecified atom stereocenters. The molecule has 32 heavy (non-hydrogen) atoms. The van der Waals surface area contributed by atoms with Crippen LogP contribution in [0.4, 0.5) is 11.4 Å². The molecule has 0 saturated carbocycles. The van der Waals surface area contributed by atoms with Gasteiger partial charge in [0, 0.05) is 36.4 Å². The van der Waals surface area contributed by atoms with E-state index >= 15 is 0 Å². The Hall–Kier alpha value is -3.87. The van der Waals surface area contributed by atoms with E-state index in [2.05, 4.69) is 5.32 Å². The second kappa shape index (κ2) is 8.34. The molecule has 0 aliphatic carbocycles. The van der Waals surface area contributed by atoms with Gasteiger partial charge in [-0.25, -0.2) is 0 Å². The molecular formula is C25H23N3O4. The van der Waals surface area contributed by atoms with Crippen molar-refractivity contribution in [3.63, 3.8) is 0 Å². The highest BCUT2D eigenvalue weighted by Crippen LogP contribution is 2.29. The molecule has 1 N–H and O–H groups in total. The molecule has 2 aromatic carbocycles. The monoisotopic (exact) mass is 429 g/mol. The lowest BCUT2D eigenvalue weighted by molar-refractivity contribution is -0.128. The third-order valence-electron chi connectivity index (χ3n) is 6.04. The van der Waals surface area contributed by atoms with Crippen LogP contribution in [0.25, 0.3) is 0 Å². The van der Waals surface area contributed by atoms with E-state index < -0.39 is 5.92 Å². The minimum Gasteiger partial charge on any atom is -0.467 e. The zero-order valence-electron chi connectivity index (χ0n) is 17.5. The van der Waals surface area contributed by atoms with Gasteiger partial charge in [0.1, 0.15) is 5.76 Å². The van der Waals surface area contributed by atoms with Crippen LogP contribution in [0.2, 0.25) is 0 Å². The Kier molecular flexibility index (Phi) is 5.23. The van der Waals surface area contributed by atoms with Gasteiger partial charge >= 0.3 is 0 Å². The summed E-state index contributed by atoms with van der Waals surface area (Å²) in [6, 6.07) is 18.4. The van der Waals surface area contributed by atoms with Crippen molar-refractivity contribution >= 4 is 29.1 Å². The number of benzene rings is 2. The SMILES string of the molecule is O=C(Nc1ccc(C(=O)N2CCc3ccccc32)cc1)C1CC(=O)N(Cc2ccco2)C1. The normalized spacial score (nSPS) is 17.5. The first-order valence-corrected chi connectivity index (χ1v) is 10.7. The number of carbonyl (C=O) groups excluding carboxylic acids is 3. The number of carbonyl (C=O) groups is 3. The molecule has 7 heteroatoms. The summed E-state index contributed by atoms with van der Waals surface area (Å²) in [5.74, 6) is -0.0378. The topological polar surface area (TPSA) is 82.9 Å². The molecule has 2 aliphatic rings. The average molecular weight is 429 g/mol. The van der Waals surface area contributed by atoms with Gasteiger partial charge in [0.15, 0.2) is 0 Å². The molecule has 3 heterocycles. The Balaban J connectivity index is 1.20. The predicted molar refractivity (Wildman–Crippen MR) is 119 cm³/mol. The summed E-state index contributed by atoms with van der Waals surface area (Å²) < 4.78 is 5.30. The van der Waals surface area contributed by atoms with Crippen LogP contribution in [-0.4, -0.2) is 35.7 Å². The van der Waals surface area contributed by atoms with E-state index in [0.717, 1.165) is 12.1 Å². The van der Waals surface area contributed by atoms with E-state index in [9.17, 15) is 14.4 Å². The summed E-state index contributed by atoms with van der Waals surface area (Å²) >= 11 is 0. The molecule has 0 bridgehead atoms. The minimum atomic E-state index is -0.417. The molecule has 7 nitrogen and oxygen atoms in total. The zero-order chi connectivity index (χ0) is 22.1. The molecule has 0 radical (unpaired) electrons. The largest absolute Gasteiger partial charge is 0.467 e. The Morgan fingerprint density at radius 2 is 1.84 bits per heavy atom. The van der Waals surface area contributed by atoms with Crippen molar-refractivity contribution in [3.8, 4) is 0 Å². The minimum absolute atomic E-state index is 0.0530. The van der Waals surface area contributed by atoms with Crippen molar-refractivity contribution in [1.82, 2.24) is 4.90 Å². The molecule has 162 valence electrons. The molecule has 1 atom stereocenters. The molecule has 3 amide bonds. The Morgan fingerprint density at radius 3 is 2.62 bits per heavy atom. The van der Waals surface area contributed by atoms with Crippen LogP contribution in [0.1, 0.15) is 28.1 Å². The number of fused-ring (bicyclic) bond motifs is 1. The second-order valence-corrected chi connectivity index (χ2v) is 8.16. The van der Waals surface area contributed by atoms with Crippen LogP contribution in [0.15, 0.2) is 71.3 Å². The molecule has 1 fully saturated rings. The molecule has 2 aliphatic heterocycles. The van der Waals surface area contributed by atoms with Crippen LogP contribution in [0.5, 0.6) is 0 Å².